The van der Waals surface area contributed by atoms with Crippen LogP contribution in [-0.2, 0) is 18.4 Å². The van der Waals surface area contributed by atoms with Crippen LogP contribution in [0.2, 0.25) is 0 Å². The molecule has 0 aliphatic rings. The molecule has 8 nitrogen and oxygen atoms in total. The Morgan fingerprint density at radius 2 is 0.782 bits per heavy atom. The van der Waals surface area contributed by atoms with Crippen LogP contribution in [0.3, 0.4) is 0 Å². The van der Waals surface area contributed by atoms with E-state index in [9.17, 15) is 19.4 Å². The van der Waals surface area contributed by atoms with Crippen molar-refractivity contribution in [3.63, 3.8) is 0 Å². The van der Waals surface area contributed by atoms with Crippen molar-refractivity contribution in [1.82, 2.24) is 5.32 Å². The van der Waals surface area contributed by atoms with Crippen LogP contribution in [0.1, 0.15) is 322 Å². The van der Waals surface area contributed by atoms with Gasteiger partial charge in [0.05, 0.1) is 39.9 Å². The van der Waals surface area contributed by atoms with Crippen LogP contribution in [0.4, 0.5) is 0 Å². The number of aliphatic hydroxyl groups excluding tert-OH is 1. The zero-order chi connectivity index (χ0) is 57.0. The van der Waals surface area contributed by atoms with Crippen molar-refractivity contribution in [3.8, 4) is 0 Å². The summed E-state index contributed by atoms with van der Waals surface area (Å²) in [5.74, 6) is -0.192. The van der Waals surface area contributed by atoms with Crippen molar-refractivity contribution in [3.05, 3.63) is 60.8 Å². The molecule has 0 aromatic rings. The van der Waals surface area contributed by atoms with Crippen LogP contribution in [0.25, 0.3) is 0 Å². The van der Waals surface area contributed by atoms with Gasteiger partial charge in [-0.3, -0.25) is 9.36 Å². The van der Waals surface area contributed by atoms with Crippen LogP contribution in [0, 0.1) is 0 Å². The number of likely N-dealkylation sites (N-methyl/N-ethyl adjacent to an activating group) is 1. The van der Waals surface area contributed by atoms with Gasteiger partial charge in [-0.05, 0) is 57.8 Å². The number of phosphoric acid groups is 1. The second kappa shape index (κ2) is 59.8. The lowest BCUT2D eigenvalue weighted by Gasteiger charge is -2.29. The third-order valence-electron chi connectivity index (χ3n) is 15.2. The largest absolute Gasteiger partial charge is 0.756 e. The lowest BCUT2D eigenvalue weighted by atomic mass is 10.0. The Balaban J connectivity index is 4.05. The van der Waals surface area contributed by atoms with Crippen molar-refractivity contribution < 1.29 is 32.9 Å². The van der Waals surface area contributed by atoms with Crippen molar-refractivity contribution >= 4 is 13.7 Å². The molecule has 0 fully saturated rings. The Labute approximate surface area is 485 Å². The summed E-state index contributed by atoms with van der Waals surface area (Å²) in [6.07, 6.45) is 81.9. The molecule has 0 rings (SSSR count). The number of aliphatic hydroxyl groups is 1. The van der Waals surface area contributed by atoms with Gasteiger partial charge in [0.15, 0.2) is 0 Å². The zero-order valence-corrected chi connectivity index (χ0v) is 53.3. The Bertz CT molecular complexity index is 1450. The predicted octanol–water partition coefficient (Wildman–Crippen LogP) is 20.6. The molecule has 9 heteroatoms. The van der Waals surface area contributed by atoms with Crippen molar-refractivity contribution in [2.75, 3.05) is 40.9 Å². The van der Waals surface area contributed by atoms with Gasteiger partial charge in [-0.1, -0.05) is 319 Å². The number of carbonyl (C=O) groups excluding carboxylic acids is 1. The highest BCUT2D eigenvalue weighted by atomic mass is 31.2. The summed E-state index contributed by atoms with van der Waals surface area (Å²) in [7, 11) is 1.27. The quantitative estimate of drug-likeness (QED) is 0.0272. The SMILES string of the molecule is CC/C=C\C/C=C\C/C=C\C/C=C\CCCCCCCCCCCCCCCCCCCCCCC(=O)NC(COP(=O)([O-])OCC[N+](C)(C)C)C(O)/C=C/CCCCCCCCCCCCCCCCCCCCCCC. The van der Waals surface area contributed by atoms with Gasteiger partial charge in [-0.25, -0.2) is 0 Å². The Hall–Kier alpha value is -1.80. The molecule has 0 aromatic heterocycles. The van der Waals surface area contributed by atoms with E-state index in [4.69, 9.17) is 9.05 Å². The van der Waals surface area contributed by atoms with Crippen molar-refractivity contribution in [1.29, 1.82) is 0 Å². The van der Waals surface area contributed by atoms with E-state index in [-0.39, 0.29) is 19.1 Å². The van der Waals surface area contributed by atoms with Crippen LogP contribution < -0.4 is 10.2 Å². The minimum Gasteiger partial charge on any atom is -0.756 e. The van der Waals surface area contributed by atoms with Gasteiger partial charge in [0, 0.05) is 6.42 Å². The maximum Gasteiger partial charge on any atom is 0.268 e. The number of hydrogen-bond donors (Lipinski definition) is 2. The number of quaternary nitrogens is 1. The molecular formula is C69H131N2O6P. The van der Waals surface area contributed by atoms with Gasteiger partial charge in [-0.2, -0.15) is 0 Å². The van der Waals surface area contributed by atoms with Crippen molar-refractivity contribution in [2.45, 2.75) is 334 Å². The summed E-state index contributed by atoms with van der Waals surface area (Å²) in [5, 5.41) is 14.0. The first kappa shape index (κ1) is 76.2. The fraction of sp³-hybridized carbons (Fsp3) is 0.841. The normalized spacial score (nSPS) is 14.1. The third kappa shape index (κ3) is 61.8. The minimum absolute atomic E-state index is 0.000199. The fourth-order valence-corrected chi connectivity index (χ4v) is 10.8. The average Bonchev–Trinajstić information content (AvgIpc) is 3.41. The van der Waals surface area contributed by atoms with E-state index in [1.165, 1.54) is 238 Å². The molecule has 0 heterocycles. The summed E-state index contributed by atoms with van der Waals surface area (Å²) in [4.78, 5) is 25.6. The summed E-state index contributed by atoms with van der Waals surface area (Å²) in [5.41, 5.74) is 0. The average molecular weight is 1120 g/mol. The first-order valence-corrected chi connectivity index (χ1v) is 35.1. The van der Waals surface area contributed by atoms with Crippen LogP contribution in [0.15, 0.2) is 60.8 Å². The van der Waals surface area contributed by atoms with Gasteiger partial charge in [0.1, 0.15) is 13.2 Å². The van der Waals surface area contributed by atoms with Crippen LogP contribution in [0.5, 0.6) is 0 Å². The maximum atomic E-state index is 13.0. The molecule has 0 aliphatic carbocycles. The lowest BCUT2D eigenvalue weighted by Crippen LogP contribution is -2.45. The Kier molecular flexibility index (Phi) is 58.4. The zero-order valence-electron chi connectivity index (χ0n) is 52.4. The second-order valence-electron chi connectivity index (χ2n) is 24.2. The lowest BCUT2D eigenvalue weighted by molar-refractivity contribution is -0.870. The van der Waals surface area contributed by atoms with E-state index < -0.39 is 20.0 Å². The standard InChI is InChI=1S/C69H131N2O6P/c1-6-8-10-12-14-16-18-20-22-24-26-28-30-31-32-33-34-35-36-37-38-39-41-43-45-47-49-51-53-55-57-59-61-63-69(73)70-67(66-77-78(74,75)76-65-64-71(3,4)5)68(72)62-60-58-56-54-52-50-48-46-44-42-40-29-27-25-23-21-19-17-15-13-11-9-7-2/h8,10,14,16,20,22,26,28,60,62,67-68,72H,6-7,9,11-13,15,17-19,21,23-25,27,29-59,61,63-66H2,1-5H3,(H-,70,73,74,75)/b10-8-,16-14-,22-20-,28-26-,62-60+. The molecule has 3 atom stereocenters. The summed E-state index contributed by atoms with van der Waals surface area (Å²) in [6.45, 7) is 4.58. The highest BCUT2D eigenvalue weighted by molar-refractivity contribution is 7.45. The number of nitrogens with zero attached hydrogens (tertiary/aromatic N) is 1. The molecule has 0 bridgehead atoms. The van der Waals surface area contributed by atoms with Crippen LogP contribution >= 0.6 is 7.82 Å². The van der Waals surface area contributed by atoms with Gasteiger partial charge in [-0.15, -0.1) is 0 Å². The highest BCUT2D eigenvalue weighted by Crippen LogP contribution is 2.38. The number of allylic oxidation sites excluding steroid dienone is 9. The molecule has 3 unspecified atom stereocenters. The number of carbonyl (C=O) groups is 1. The number of hydrogen-bond acceptors (Lipinski definition) is 6. The number of rotatable bonds is 62. The van der Waals surface area contributed by atoms with E-state index in [0.29, 0.717) is 17.4 Å². The molecule has 0 aliphatic heterocycles. The molecule has 0 aromatic carbocycles. The molecule has 78 heavy (non-hydrogen) atoms. The molecule has 0 spiro atoms. The van der Waals surface area contributed by atoms with Gasteiger partial charge >= 0.3 is 0 Å². The molecule has 1 amide bonds. The monoisotopic (exact) mass is 1110 g/mol. The van der Waals surface area contributed by atoms with E-state index in [1.54, 1.807) is 6.08 Å². The van der Waals surface area contributed by atoms with Gasteiger partial charge in [0.25, 0.3) is 7.82 Å². The van der Waals surface area contributed by atoms with E-state index >= 15 is 0 Å². The first-order chi connectivity index (χ1) is 38.0. The second-order valence-corrected chi connectivity index (χ2v) is 25.6. The number of nitrogens with one attached hydrogen (secondary N) is 1. The molecule has 2 N–H and O–H groups in total. The summed E-state index contributed by atoms with van der Waals surface area (Å²) < 4.78 is 23.4. The Morgan fingerprint density at radius 3 is 1.14 bits per heavy atom. The first-order valence-electron chi connectivity index (χ1n) is 33.7. The van der Waals surface area contributed by atoms with Gasteiger partial charge in [0.2, 0.25) is 5.91 Å². The van der Waals surface area contributed by atoms with E-state index in [1.807, 2.05) is 27.2 Å². The third-order valence-corrected chi connectivity index (χ3v) is 16.2. The molecule has 458 valence electrons. The minimum atomic E-state index is -4.60. The molecule has 0 radical (unpaired) electrons. The predicted molar refractivity (Wildman–Crippen MR) is 339 cm³/mol. The number of unbranched alkanes of at least 4 members (excludes halogenated alkanes) is 41. The molecule has 0 saturated heterocycles. The van der Waals surface area contributed by atoms with Gasteiger partial charge < -0.3 is 28.8 Å². The topological polar surface area (TPSA) is 108 Å². The maximum absolute atomic E-state index is 13.0. The summed E-state index contributed by atoms with van der Waals surface area (Å²) >= 11 is 0. The van der Waals surface area contributed by atoms with Crippen LogP contribution in [-0.4, -0.2) is 68.5 Å². The highest BCUT2D eigenvalue weighted by Gasteiger charge is 2.23. The summed E-state index contributed by atoms with van der Waals surface area (Å²) in [6, 6.07) is -0.888. The number of amides is 1. The van der Waals surface area contributed by atoms with E-state index in [2.05, 4.69) is 67.8 Å². The fourth-order valence-electron chi connectivity index (χ4n) is 10.0. The van der Waals surface area contributed by atoms with Crippen molar-refractivity contribution in [2.24, 2.45) is 0 Å². The van der Waals surface area contributed by atoms with E-state index in [0.717, 1.165) is 64.2 Å². The number of phosphoric ester groups is 1. The molecular weight excluding hydrogens is 984 g/mol. The smallest absolute Gasteiger partial charge is 0.268 e. The molecule has 0 saturated carbocycles. The Morgan fingerprint density at radius 1 is 0.462 bits per heavy atom.